The fraction of sp³-hybridized carbons (Fsp3) is 0.174. The maximum Gasteiger partial charge on any atom is 0.293 e. The normalized spacial score (nSPS) is 16.8. The number of imide groups is 1. The van der Waals surface area contributed by atoms with Crippen molar-refractivity contribution in [3.8, 4) is 0 Å². The first-order valence-corrected chi connectivity index (χ1v) is 10.8. The molecule has 1 aromatic carbocycles. The van der Waals surface area contributed by atoms with Gasteiger partial charge in [0.15, 0.2) is 0 Å². The number of nitrogens with one attached hydrogen (secondary N) is 1. The van der Waals surface area contributed by atoms with Crippen LogP contribution in [0.4, 0.5) is 4.79 Å². The molecule has 8 nitrogen and oxygen atoms in total. The molecule has 4 rings (SSSR count). The molecule has 162 valence electrons. The molecule has 1 saturated heterocycles. The number of carbonyl (C=O) groups excluding carboxylic acids is 4. The molecular weight excluding hydrogens is 428 g/mol. The lowest BCUT2D eigenvalue weighted by Crippen LogP contribution is -2.38. The van der Waals surface area contributed by atoms with Gasteiger partial charge >= 0.3 is 0 Å². The molecule has 2 aliphatic heterocycles. The van der Waals surface area contributed by atoms with E-state index in [0.717, 1.165) is 27.8 Å². The summed E-state index contributed by atoms with van der Waals surface area (Å²) in [5.74, 6) is -0.842. The van der Waals surface area contributed by atoms with Crippen LogP contribution >= 0.6 is 11.8 Å². The number of pyridine rings is 1. The largest absolute Gasteiger partial charge is 0.354 e. The molecule has 3 heterocycles. The summed E-state index contributed by atoms with van der Waals surface area (Å²) in [5.41, 5.74) is 2.66. The summed E-state index contributed by atoms with van der Waals surface area (Å²) in [4.78, 5) is 56.3. The van der Waals surface area contributed by atoms with Crippen LogP contribution in [0.25, 0.3) is 11.8 Å². The Hall–Kier alpha value is -3.72. The molecule has 0 unspecified atom stereocenters. The molecule has 0 radical (unpaired) electrons. The Balaban J connectivity index is 1.25. The Labute approximate surface area is 189 Å². The lowest BCUT2D eigenvalue weighted by atomic mass is 10.1. The van der Waals surface area contributed by atoms with Gasteiger partial charge in [0.1, 0.15) is 0 Å². The van der Waals surface area contributed by atoms with Gasteiger partial charge in [0.05, 0.1) is 4.91 Å². The number of aromatic nitrogens is 1. The zero-order valence-electron chi connectivity index (χ0n) is 17.1. The van der Waals surface area contributed by atoms with Crippen molar-refractivity contribution in [3.05, 3.63) is 77.0 Å². The van der Waals surface area contributed by atoms with Crippen molar-refractivity contribution in [3.63, 3.8) is 0 Å². The lowest BCUT2D eigenvalue weighted by molar-refractivity contribution is -0.124. The summed E-state index contributed by atoms with van der Waals surface area (Å²) in [5, 5.41) is 2.32. The number of thioether (sulfide) groups is 1. The summed E-state index contributed by atoms with van der Waals surface area (Å²) in [6.07, 6.45) is 4.93. The van der Waals surface area contributed by atoms with Crippen molar-refractivity contribution >= 4 is 46.5 Å². The number of fused-ring (bicyclic) bond motifs is 1. The molecule has 32 heavy (non-hydrogen) atoms. The first-order valence-electron chi connectivity index (χ1n) is 9.98. The number of nitrogens with zero attached hydrogens (tertiary/aromatic N) is 3. The SMILES string of the molecule is C=C1c2ccccc2C(=O)N1CCC(=O)NCCN1C(=O)S/C(=C\c2cccnc2)C1=O. The molecule has 0 atom stereocenters. The Kier molecular flexibility index (Phi) is 6.18. The average molecular weight is 449 g/mol. The first kappa shape index (κ1) is 21.5. The van der Waals surface area contributed by atoms with Crippen LogP contribution in [-0.4, -0.2) is 57.4 Å². The second kappa shape index (κ2) is 9.19. The topological polar surface area (TPSA) is 99.7 Å². The average Bonchev–Trinajstić information content (AvgIpc) is 3.20. The molecule has 9 heteroatoms. The van der Waals surface area contributed by atoms with E-state index in [9.17, 15) is 19.2 Å². The zero-order chi connectivity index (χ0) is 22.7. The van der Waals surface area contributed by atoms with E-state index in [-0.39, 0.29) is 43.1 Å². The summed E-state index contributed by atoms with van der Waals surface area (Å²) in [7, 11) is 0. The lowest BCUT2D eigenvalue weighted by Gasteiger charge is -2.17. The summed E-state index contributed by atoms with van der Waals surface area (Å²) < 4.78 is 0. The predicted octanol–water partition coefficient (Wildman–Crippen LogP) is 2.75. The monoisotopic (exact) mass is 448 g/mol. The van der Waals surface area contributed by atoms with Gasteiger partial charge in [-0.2, -0.15) is 0 Å². The van der Waals surface area contributed by atoms with Gasteiger partial charge in [0, 0.05) is 55.3 Å². The summed E-state index contributed by atoms with van der Waals surface area (Å²) in [6.45, 7) is 4.36. The molecule has 1 N–H and O–H groups in total. The van der Waals surface area contributed by atoms with Crippen molar-refractivity contribution in [1.82, 2.24) is 20.1 Å². The van der Waals surface area contributed by atoms with Crippen molar-refractivity contribution < 1.29 is 19.2 Å². The Morgan fingerprint density at radius 2 is 1.81 bits per heavy atom. The highest BCUT2D eigenvalue weighted by molar-refractivity contribution is 8.18. The quantitative estimate of drug-likeness (QED) is 0.654. The molecule has 2 aromatic rings. The number of carbonyl (C=O) groups is 4. The van der Waals surface area contributed by atoms with Gasteiger partial charge in [-0.15, -0.1) is 0 Å². The number of benzene rings is 1. The zero-order valence-corrected chi connectivity index (χ0v) is 17.9. The van der Waals surface area contributed by atoms with Crippen molar-refractivity contribution in [2.75, 3.05) is 19.6 Å². The van der Waals surface area contributed by atoms with E-state index in [1.807, 2.05) is 12.1 Å². The van der Waals surface area contributed by atoms with E-state index in [1.54, 1.807) is 42.7 Å². The van der Waals surface area contributed by atoms with Crippen LogP contribution in [0.2, 0.25) is 0 Å². The van der Waals surface area contributed by atoms with Crippen LogP contribution in [0.3, 0.4) is 0 Å². The Morgan fingerprint density at radius 1 is 1.03 bits per heavy atom. The van der Waals surface area contributed by atoms with Crippen LogP contribution in [-0.2, 0) is 9.59 Å². The number of hydrogen-bond donors (Lipinski definition) is 1. The maximum atomic E-state index is 12.5. The smallest absolute Gasteiger partial charge is 0.293 e. The minimum Gasteiger partial charge on any atom is -0.354 e. The van der Waals surface area contributed by atoms with E-state index in [0.29, 0.717) is 16.2 Å². The van der Waals surface area contributed by atoms with Gasteiger partial charge in [-0.3, -0.25) is 29.1 Å². The van der Waals surface area contributed by atoms with E-state index >= 15 is 0 Å². The van der Waals surface area contributed by atoms with Crippen LogP contribution in [0, 0.1) is 0 Å². The molecule has 0 bridgehead atoms. The highest BCUT2D eigenvalue weighted by Crippen LogP contribution is 2.32. The summed E-state index contributed by atoms with van der Waals surface area (Å²) >= 11 is 0.861. The molecule has 2 aliphatic rings. The first-order chi connectivity index (χ1) is 15.5. The standard InChI is InChI=1S/C23H20N4O4S/c1-15-17-6-2-3-7-18(17)21(29)26(15)11-8-20(28)25-10-12-27-22(30)19(32-23(27)31)13-16-5-4-9-24-14-16/h2-7,9,13-14H,1,8,10-12H2,(H,25,28)/b19-13-. The number of rotatable bonds is 7. The highest BCUT2D eigenvalue weighted by atomic mass is 32.2. The second-order valence-corrected chi connectivity index (χ2v) is 8.16. The molecule has 0 saturated carbocycles. The van der Waals surface area contributed by atoms with Crippen LogP contribution in [0.15, 0.2) is 60.3 Å². The Bertz CT molecular complexity index is 1110. The van der Waals surface area contributed by atoms with Gasteiger partial charge in [0.25, 0.3) is 17.1 Å². The molecule has 0 aliphatic carbocycles. The molecule has 1 aromatic heterocycles. The summed E-state index contributed by atoms with van der Waals surface area (Å²) in [6, 6.07) is 10.7. The number of amides is 4. The van der Waals surface area contributed by atoms with Crippen molar-refractivity contribution in [2.24, 2.45) is 0 Å². The second-order valence-electron chi connectivity index (χ2n) is 7.17. The predicted molar refractivity (Wildman–Crippen MR) is 121 cm³/mol. The van der Waals surface area contributed by atoms with Gasteiger partial charge in [-0.1, -0.05) is 30.8 Å². The fourth-order valence-electron chi connectivity index (χ4n) is 3.49. The van der Waals surface area contributed by atoms with Crippen LogP contribution in [0.1, 0.15) is 27.9 Å². The van der Waals surface area contributed by atoms with Crippen molar-refractivity contribution in [2.45, 2.75) is 6.42 Å². The van der Waals surface area contributed by atoms with E-state index in [1.165, 1.54) is 4.90 Å². The number of hydrogen-bond acceptors (Lipinski definition) is 6. The molecule has 4 amide bonds. The van der Waals surface area contributed by atoms with E-state index in [2.05, 4.69) is 16.9 Å². The Morgan fingerprint density at radius 3 is 2.53 bits per heavy atom. The highest BCUT2D eigenvalue weighted by Gasteiger charge is 2.35. The van der Waals surface area contributed by atoms with Crippen LogP contribution < -0.4 is 5.32 Å². The van der Waals surface area contributed by atoms with E-state index < -0.39 is 5.91 Å². The van der Waals surface area contributed by atoms with Gasteiger partial charge in [0.2, 0.25) is 5.91 Å². The van der Waals surface area contributed by atoms with Gasteiger partial charge in [-0.25, -0.2) is 0 Å². The maximum absolute atomic E-state index is 12.5. The van der Waals surface area contributed by atoms with Gasteiger partial charge in [-0.05, 0) is 35.5 Å². The molecule has 1 fully saturated rings. The van der Waals surface area contributed by atoms with Gasteiger partial charge < -0.3 is 10.2 Å². The fourth-order valence-corrected chi connectivity index (χ4v) is 4.35. The minimum atomic E-state index is -0.394. The third-order valence-corrected chi connectivity index (χ3v) is 6.02. The van der Waals surface area contributed by atoms with Crippen molar-refractivity contribution in [1.29, 1.82) is 0 Å². The van der Waals surface area contributed by atoms with E-state index in [4.69, 9.17) is 0 Å². The molecular formula is C23H20N4O4S. The third-order valence-electron chi connectivity index (χ3n) is 5.12. The van der Waals surface area contributed by atoms with Crippen LogP contribution in [0.5, 0.6) is 0 Å². The molecule has 0 spiro atoms. The minimum absolute atomic E-state index is 0.0710. The third kappa shape index (κ3) is 4.33.